The van der Waals surface area contributed by atoms with E-state index in [9.17, 15) is 0 Å². The average Bonchev–Trinajstić information content (AvgIpc) is 3.71. The SMILES string of the molecule is NC(N)c1cccc2oc3ccc(-c4cccc5oc6c(-c7ccc8c(c7)sc7ccccc78)cccc6c45)cc3c12. The van der Waals surface area contributed by atoms with Crippen molar-refractivity contribution in [3.05, 3.63) is 121 Å². The van der Waals surface area contributed by atoms with Gasteiger partial charge in [-0.05, 0) is 58.7 Å². The maximum absolute atomic E-state index is 6.62. The van der Waals surface area contributed by atoms with Gasteiger partial charge in [0.15, 0.2) is 0 Å². The molecule has 9 rings (SSSR count). The van der Waals surface area contributed by atoms with Crippen LogP contribution in [0.2, 0.25) is 0 Å². The first kappa shape index (κ1) is 23.7. The van der Waals surface area contributed by atoms with Crippen molar-refractivity contribution in [2.75, 3.05) is 0 Å². The zero-order valence-corrected chi connectivity index (χ0v) is 23.2. The molecule has 0 aliphatic heterocycles. The summed E-state index contributed by atoms with van der Waals surface area (Å²) in [5.41, 5.74) is 20.9. The Morgan fingerprint density at radius 1 is 0.500 bits per heavy atom. The van der Waals surface area contributed by atoms with Gasteiger partial charge in [0.05, 0.1) is 6.17 Å². The van der Waals surface area contributed by atoms with Gasteiger partial charge in [-0.15, -0.1) is 11.3 Å². The van der Waals surface area contributed by atoms with Crippen molar-refractivity contribution in [3.8, 4) is 22.3 Å². The molecule has 0 saturated heterocycles. The van der Waals surface area contributed by atoms with E-state index >= 15 is 0 Å². The third-order valence-electron chi connectivity index (χ3n) is 8.41. The molecule has 0 unspecified atom stereocenters. The van der Waals surface area contributed by atoms with Crippen molar-refractivity contribution in [1.29, 1.82) is 0 Å². The fourth-order valence-corrected chi connectivity index (χ4v) is 7.65. The molecule has 0 saturated carbocycles. The van der Waals surface area contributed by atoms with Crippen LogP contribution < -0.4 is 11.5 Å². The van der Waals surface area contributed by atoms with E-state index in [-0.39, 0.29) is 0 Å². The van der Waals surface area contributed by atoms with Gasteiger partial charge in [-0.3, -0.25) is 0 Å². The first-order valence-corrected chi connectivity index (χ1v) is 14.8. The van der Waals surface area contributed by atoms with Gasteiger partial charge in [0.25, 0.3) is 0 Å². The number of hydrogen-bond acceptors (Lipinski definition) is 5. The minimum Gasteiger partial charge on any atom is -0.456 e. The molecule has 4 nitrogen and oxygen atoms in total. The molecule has 0 spiro atoms. The summed E-state index contributed by atoms with van der Waals surface area (Å²) >= 11 is 1.83. The summed E-state index contributed by atoms with van der Waals surface area (Å²) in [4.78, 5) is 0. The first-order valence-electron chi connectivity index (χ1n) is 14.0. The Morgan fingerprint density at radius 3 is 2.12 bits per heavy atom. The van der Waals surface area contributed by atoms with E-state index in [0.717, 1.165) is 71.7 Å². The summed E-state index contributed by atoms with van der Waals surface area (Å²) in [6.45, 7) is 0. The molecule has 3 aromatic heterocycles. The lowest BCUT2D eigenvalue weighted by Crippen LogP contribution is -2.20. The number of nitrogens with two attached hydrogens (primary N) is 2. The molecule has 42 heavy (non-hydrogen) atoms. The number of furan rings is 2. The predicted octanol–water partition coefficient (Wildman–Crippen LogP) is 10.1. The fourth-order valence-electron chi connectivity index (χ4n) is 6.51. The smallest absolute Gasteiger partial charge is 0.143 e. The molecule has 5 heteroatoms. The van der Waals surface area contributed by atoms with E-state index in [1.807, 2.05) is 35.6 Å². The Morgan fingerprint density at radius 2 is 1.21 bits per heavy atom. The summed E-state index contributed by atoms with van der Waals surface area (Å²) in [7, 11) is 0. The van der Waals surface area contributed by atoms with Crippen LogP contribution in [-0.2, 0) is 0 Å². The Labute approximate surface area is 244 Å². The van der Waals surface area contributed by atoms with Crippen LogP contribution in [0.1, 0.15) is 11.7 Å². The van der Waals surface area contributed by atoms with Crippen molar-refractivity contribution in [2.45, 2.75) is 6.17 Å². The van der Waals surface area contributed by atoms with E-state index in [4.69, 9.17) is 20.3 Å². The Kier molecular flexibility index (Phi) is 4.96. The van der Waals surface area contributed by atoms with Crippen LogP contribution in [0, 0.1) is 0 Å². The van der Waals surface area contributed by atoms with Crippen molar-refractivity contribution >= 4 is 75.4 Å². The zero-order chi connectivity index (χ0) is 27.9. The molecule has 0 fully saturated rings. The fraction of sp³-hybridized carbons (Fsp3) is 0.0270. The van der Waals surface area contributed by atoms with Gasteiger partial charge in [0.1, 0.15) is 22.3 Å². The molecule has 9 aromatic rings. The minimum atomic E-state index is -0.593. The number of para-hydroxylation sites is 1. The highest BCUT2D eigenvalue weighted by atomic mass is 32.1. The van der Waals surface area contributed by atoms with Crippen LogP contribution in [0.3, 0.4) is 0 Å². The zero-order valence-electron chi connectivity index (χ0n) is 22.4. The van der Waals surface area contributed by atoms with Gasteiger partial charge < -0.3 is 20.3 Å². The van der Waals surface area contributed by atoms with Gasteiger partial charge in [-0.1, -0.05) is 78.9 Å². The third-order valence-corrected chi connectivity index (χ3v) is 9.54. The lowest BCUT2D eigenvalue weighted by atomic mass is 9.95. The molecule has 200 valence electrons. The van der Waals surface area contributed by atoms with Crippen LogP contribution in [0.5, 0.6) is 0 Å². The Balaban J connectivity index is 1.26. The average molecular weight is 561 g/mol. The number of thiophene rings is 1. The van der Waals surface area contributed by atoms with Crippen molar-refractivity contribution in [2.24, 2.45) is 11.5 Å². The lowest BCUT2D eigenvalue weighted by molar-refractivity contribution is 0.668. The van der Waals surface area contributed by atoms with E-state index < -0.39 is 6.17 Å². The standard InChI is InChI=1S/C37H24N2O2S/c38-37(39)27-10-5-11-30-35(27)28-18-20(15-17-29(28)40-30)22-7-4-12-31-34(22)26-9-3-8-23(36(26)41-31)21-14-16-25-24-6-1-2-13-32(24)42-33(25)19-21/h1-19,37H,38-39H2. The van der Waals surface area contributed by atoms with E-state index in [1.165, 1.54) is 20.2 Å². The topological polar surface area (TPSA) is 78.3 Å². The highest BCUT2D eigenvalue weighted by Gasteiger charge is 2.19. The molecule has 0 aliphatic carbocycles. The van der Waals surface area contributed by atoms with Gasteiger partial charge in [0, 0.05) is 47.3 Å². The third kappa shape index (κ3) is 3.36. The first-order chi connectivity index (χ1) is 20.6. The summed E-state index contributed by atoms with van der Waals surface area (Å²) in [5.74, 6) is 0. The van der Waals surface area contributed by atoms with Crippen LogP contribution in [0.25, 0.3) is 86.3 Å². The molecule has 0 aliphatic rings. The molecule has 0 bridgehead atoms. The van der Waals surface area contributed by atoms with Crippen molar-refractivity contribution in [3.63, 3.8) is 0 Å². The molecule has 4 N–H and O–H groups in total. The maximum Gasteiger partial charge on any atom is 0.143 e. The minimum absolute atomic E-state index is 0.593. The molecule has 3 heterocycles. The van der Waals surface area contributed by atoms with Gasteiger partial charge in [-0.25, -0.2) is 0 Å². The number of rotatable bonds is 3. The monoisotopic (exact) mass is 560 g/mol. The van der Waals surface area contributed by atoms with E-state index in [1.54, 1.807) is 0 Å². The Bertz CT molecular complexity index is 2510. The second-order valence-corrected chi connectivity index (χ2v) is 11.9. The lowest BCUT2D eigenvalue weighted by Gasteiger charge is -2.08. The highest BCUT2D eigenvalue weighted by Crippen LogP contribution is 2.43. The van der Waals surface area contributed by atoms with Crippen LogP contribution in [0.15, 0.2) is 124 Å². The number of benzene rings is 6. The van der Waals surface area contributed by atoms with Crippen LogP contribution in [-0.4, -0.2) is 0 Å². The summed E-state index contributed by atoms with van der Waals surface area (Å²) in [6, 6.07) is 40.2. The summed E-state index contributed by atoms with van der Waals surface area (Å²) in [6.07, 6.45) is -0.593. The number of fused-ring (bicyclic) bond motifs is 9. The molecule has 0 radical (unpaired) electrons. The van der Waals surface area contributed by atoms with Crippen molar-refractivity contribution < 1.29 is 8.83 Å². The van der Waals surface area contributed by atoms with Crippen LogP contribution in [0.4, 0.5) is 0 Å². The second-order valence-electron chi connectivity index (χ2n) is 10.8. The van der Waals surface area contributed by atoms with E-state index in [0.29, 0.717) is 0 Å². The molecule has 0 amide bonds. The van der Waals surface area contributed by atoms with Crippen molar-refractivity contribution in [1.82, 2.24) is 0 Å². The molecule has 6 aromatic carbocycles. The maximum atomic E-state index is 6.62. The molecular weight excluding hydrogens is 536 g/mol. The van der Waals surface area contributed by atoms with Gasteiger partial charge in [0.2, 0.25) is 0 Å². The van der Waals surface area contributed by atoms with Crippen LogP contribution >= 0.6 is 11.3 Å². The predicted molar refractivity (Wildman–Crippen MR) is 176 cm³/mol. The highest BCUT2D eigenvalue weighted by molar-refractivity contribution is 7.25. The molecular formula is C37H24N2O2S. The van der Waals surface area contributed by atoms with Gasteiger partial charge >= 0.3 is 0 Å². The normalized spacial score (nSPS) is 12.3. The van der Waals surface area contributed by atoms with E-state index in [2.05, 4.69) is 91.0 Å². The second kappa shape index (κ2) is 8.78. The summed E-state index contributed by atoms with van der Waals surface area (Å²) < 4.78 is 15.4. The Hall–Kier alpha value is -4.94. The van der Waals surface area contributed by atoms with Gasteiger partial charge in [-0.2, -0.15) is 0 Å². The number of hydrogen-bond donors (Lipinski definition) is 2. The molecule has 0 atom stereocenters. The largest absolute Gasteiger partial charge is 0.456 e. The summed E-state index contributed by atoms with van der Waals surface area (Å²) in [5, 5.41) is 6.75. The quantitative estimate of drug-likeness (QED) is 0.211.